The normalized spacial score (nSPS) is 18.6. The minimum atomic E-state index is 0. The Morgan fingerprint density at radius 1 is 0.636 bits per heavy atom. The second-order valence-electron chi connectivity index (χ2n) is 10.3. The first-order valence-electron chi connectivity index (χ1n) is 14.6. The first-order chi connectivity index (χ1) is 15.8. The quantitative estimate of drug-likeness (QED) is 0.182. The van der Waals surface area contributed by atoms with Gasteiger partial charge in [0.25, 0.3) is 0 Å². The average molecular weight is 491 g/mol. The van der Waals surface area contributed by atoms with Gasteiger partial charge in [-0.15, -0.1) is 0 Å². The summed E-state index contributed by atoms with van der Waals surface area (Å²) in [7, 11) is 0. The molecular formula is C28H59ClN2O2. The summed E-state index contributed by atoms with van der Waals surface area (Å²) in [5, 5.41) is 18.6. The van der Waals surface area contributed by atoms with Crippen molar-refractivity contribution in [1.82, 2.24) is 4.90 Å². The SMILES string of the molecule is CCCCCCCCCCCCCCCCCCCCCC1N(CCO)CC[NH+]1CCO.[Cl-]. The molecule has 0 aliphatic carbocycles. The fourth-order valence-corrected chi connectivity index (χ4v) is 5.50. The number of aliphatic hydroxyl groups excluding tert-OH is 2. The zero-order valence-electron chi connectivity index (χ0n) is 22.2. The van der Waals surface area contributed by atoms with Gasteiger partial charge in [0.2, 0.25) is 0 Å². The minimum absolute atomic E-state index is 0. The van der Waals surface area contributed by atoms with Crippen LogP contribution in [0.2, 0.25) is 0 Å². The van der Waals surface area contributed by atoms with Gasteiger partial charge in [0.15, 0.2) is 0 Å². The van der Waals surface area contributed by atoms with Crippen molar-refractivity contribution in [2.24, 2.45) is 0 Å². The number of aliphatic hydroxyl groups is 2. The highest BCUT2D eigenvalue weighted by Gasteiger charge is 2.34. The molecule has 2 atom stereocenters. The Labute approximate surface area is 213 Å². The van der Waals surface area contributed by atoms with Crippen molar-refractivity contribution in [3.8, 4) is 0 Å². The Bertz CT molecular complexity index is 373. The van der Waals surface area contributed by atoms with E-state index in [9.17, 15) is 10.2 Å². The van der Waals surface area contributed by atoms with Crippen LogP contribution in [0.1, 0.15) is 135 Å². The first kappa shape index (κ1) is 33.1. The molecule has 200 valence electrons. The van der Waals surface area contributed by atoms with Gasteiger partial charge in [-0.2, -0.15) is 0 Å². The first-order valence-corrected chi connectivity index (χ1v) is 14.6. The lowest BCUT2D eigenvalue weighted by Crippen LogP contribution is -3.15. The Balaban J connectivity index is 0.0000102. The highest BCUT2D eigenvalue weighted by molar-refractivity contribution is 4.68. The van der Waals surface area contributed by atoms with Gasteiger partial charge >= 0.3 is 0 Å². The summed E-state index contributed by atoms with van der Waals surface area (Å²) < 4.78 is 0. The fourth-order valence-electron chi connectivity index (χ4n) is 5.50. The zero-order chi connectivity index (χ0) is 23.1. The third-order valence-electron chi connectivity index (χ3n) is 7.53. The Morgan fingerprint density at radius 3 is 1.45 bits per heavy atom. The van der Waals surface area contributed by atoms with E-state index in [2.05, 4.69) is 11.8 Å². The van der Waals surface area contributed by atoms with Crippen molar-refractivity contribution in [2.75, 3.05) is 39.4 Å². The van der Waals surface area contributed by atoms with Crippen LogP contribution in [0.15, 0.2) is 0 Å². The van der Waals surface area contributed by atoms with Crippen LogP contribution in [0.5, 0.6) is 0 Å². The largest absolute Gasteiger partial charge is 1.00 e. The van der Waals surface area contributed by atoms with E-state index in [1.54, 1.807) is 0 Å². The van der Waals surface area contributed by atoms with Crippen LogP contribution in [-0.4, -0.2) is 60.7 Å². The number of hydrogen-bond acceptors (Lipinski definition) is 3. The van der Waals surface area contributed by atoms with Gasteiger partial charge in [-0.05, 0) is 6.42 Å². The number of unbranched alkanes of at least 4 members (excludes halogenated alkanes) is 18. The summed E-state index contributed by atoms with van der Waals surface area (Å²) in [6.45, 7) is 6.65. The molecule has 1 aliphatic rings. The van der Waals surface area contributed by atoms with Crippen LogP contribution in [0, 0.1) is 0 Å². The molecule has 0 aromatic rings. The number of nitrogens with one attached hydrogen (secondary N) is 1. The van der Waals surface area contributed by atoms with Gasteiger partial charge < -0.3 is 27.5 Å². The lowest BCUT2D eigenvalue weighted by Gasteiger charge is -2.26. The van der Waals surface area contributed by atoms with Crippen molar-refractivity contribution in [3.05, 3.63) is 0 Å². The standard InChI is InChI=1S/C28H58N2O2.ClH/c1-2-3-4-5-6-7-8-9-10-11-12-13-14-15-16-17-18-19-20-21-28-29(24-26-31)22-23-30(28)25-27-32;/h28,31-32H,2-27H2,1H3;1H. The smallest absolute Gasteiger partial charge is 0.144 e. The number of nitrogens with zero attached hydrogens (tertiary/aromatic N) is 1. The topological polar surface area (TPSA) is 48.1 Å². The molecule has 33 heavy (non-hydrogen) atoms. The van der Waals surface area contributed by atoms with E-state index in [1.807, 2.05) is 0 Å². The minimum Gasteiger partial charge on any atom is -1.00 e. The molecule has 1 heterocycles. The molecule has 2 unspecified atom stereocenters. The predicted octanol–water partition coefficient (Wildman–Crippen LogP) is 2.32. The van der Waals surface area contributed by atoms with E-state index >= 15 is 0 Å². The molecule has 0 saturated carbocycles. The molecule has 3 N–H and O–H groups in total. The van der Waals surface area contributed by atoms with Crippen LogP contribution in [0.3, 0.4) is 0 Å². The number of halogens is 1. The van der Waals surface area contributed by atoms with Crippen molar-refractivity contribution in [2.45, 2.75) is 142 Å². The number of β-amino-alcohol motifs (C(OH)–C–C–N with tert-alkyl or cyclic N) is 1. The molecule has 1 saturated heterocycles. The molecule has 1 fully saturated rings. The molecule has 0 aromatic carbocycles. The van der Waals surface area contributed by atoms with E-state index in [4.69, 9.17) is 0 Å². The Morgan fingerprint density at radius 2 is 1.06 bits per heavy atom. The van der Waals surface area contributed by atoms with Gasteiger partial charge in [-0.25, -0.2) is 4.90 Å². The maximum Gasteiger partial charge on any atom is 0.144 e. The molecule has 0 bridgehead atoms. The summed E-state index contributed by atoms with van der Waals surface area (Å²) >= 11 is 0. The van der Waals surface area contributed by atoms with Gasteiger partial charge in [-0.1, -0.05) is 122 Å². The van der Waals surface area contributed by atoms with E-state index in [0.29, 0.717) is 6.17 Å². The second-order valence-corrected chi connectivity index (χ2v) is 10.3. The molecular weight excluding hydrogens is 432 g/mol. The third kappa shape index (κ3) is 18.1. The number of hydrogen-bond donors (Lipinski definition) is 3. The molecule has 0 aromatic heterocycles. The molecule has 0 radical (unpaired) electrons. The maximum absolute atomic E-state index is 9.31. The molecule has 4 nitrogen and oxygen atoms in total. The van der Waals surface area contributed by atoms with Crippen molar-refractivity contribution in [3.63, 3.8) is 0 Å². The highest BCUT2D eigenvalue weighted by atomic mass is 35.5. The summed E-state index contributed by atoms with van der Waals surface area (Å²) in [6, 6.07) is 0. The second kappa shape index (κ2) is 25.2. The molecule has 1 rings (SSSR count). The average Bonchev–Trinajstić information content (AvgIpc) is 3.17. The van der Waals surface area contributed by atoms with Gasteiger partial charge in [0, 0.05) is 13.0 Å². The van der Waals surface area contributed by atoms with Crippen LogP contribution < -0.4 is 17.3 Å². The van der Waals surface area contributed by atoms with E-state index < -0.39 is 0 Å². The Hall–Kier alpha value is 0.130. The molecule has 0 spiro atoms. The number of rotatable bonds is 24. The van der Waals surface area contributed by atoms with Crippen LogP contribution in [0.25, 0.3) is 0 Å². The third-order valence-corrected chi connectivity index (χ3v) is 7.53. The van der Waals surface area contributed by atoms with Crippen LogP contribution in [-0.2, 0) is 0 Å². The molecule has 1 aliphatic heterocycles. The highest BCUT2D eigenvalue weighted by Crippen LogP contribution is 2.15. The summed E-state index contributed by atoms with van der Waals surface area (Å²) in [5.74, 6) is 0. The number of quaternary nitrogens is 1. The van der Waals surface area contributed by atoms with E-state index in [-0.39, 0.29) is 25.6 Å². The fraction of sp³-hybridized carbons (Fsp3) is 1.00. The van der Waals surface area contributed by atoms with Crippen LogP contribution >= 0.6 is 0 Å². The lowest BCUT2D eigenvalue weighted by molar-refractivity contribution is -0.919. The van der Waals surface area contributed by atoms with Crippen LogP contribution in [0.4, 0.5) is 0 Å². The lowest BCUT2D eigenvalue weighted by atomic mass is 10.0. The van der Waals surface area contributed by atoms with Crippen molar-refractivity contribution < 1.29 is 27.5 Å². The van der Waals surface area contributed by atoms with E-state index in [1.165, 1.54) is 133 Å². The van der Waals surface area contributed by atoms with Gasteiger partial charge in [0.1, 0.15) is 12.7 Å². The monoisotopic (exact) mass is 490 g/mol. The summed E-state index contributed by atoms with van der Waals surface area (Å²) in [5.41, 5.74) is 0. The summed E-state index contributed by atoms with van der Waals surface area (Å²) in [4.78, 5) is 3.95. The zero-order valence-corrected chi connectivity index (χ0v) is 22.9. The maximum atomic E-state index is 9.31. The van der Waals surface area contributed by atoms with Crippen molar-refractivity contribution in [1.29, 1.82) is 0 Å². The van der Waals surface area contributed by atoms with E-state index in [0.717, 1.165) is 26.2 Å². The van der Waals surface area contributed by atoms with Crippen molar-refractivity contribution >= 4 is 0 Å². The molecule has 5 heteroatoms. The molecule has 0 amide bonds. The predicted molar refractivity (Wildman–Crippen MR) is 138 cm³/mol. The Kier molecular flexibility index (Phi) is 25.3. The summed E-state index contributed by atoms with van der Waals surface area (Å²) in [6.07, 6.45) is 28.8. The van der Waals surface area contributed by atoms with Gasteiger partial charge in [0.05, 0.1) is 26.3 Å². The van der Waals surface area contributed by atoms with Gasteiger partial charge in [-0.3, -0.25) is 0 Å².